The number of benzene rings is 5. The fourth-order valence-corrected chi connectivity index (χ4v) is 9.60. The van der Waals surface area contributed by atoms with Gasteiger partial charge in [0.2, 0.25) is 11.8 Å². The maximum atomic E-state index is 15.4. The lowest BCUT2D eigenvalue weighted by atomic mass is 9.49. The van der Waals surface area contributed by atoms with E-state index in [4.69, 9.17) is 0 Å². The number of phenolic OH excluding ortho intramolecular Hbond substituents is 1. The number of allylic oxidation sites excluding steroid dienone is 2. The van der Waals surface area contributed by atoms with Crippen LogP contribution in [0, 0.1) is 40.7 Å². The molecule has 6 atom stereocenters. The van der Waals surface area contributed by atoms with Crippen molar-refractivity contribution in [2.24, 2.45) is 23.7 Å². The molecule has 2 aliphatic heterocycles. The lowest BCUT2D eigenvalue weighted by molar-refractivity contribution is -0.384. The Balaban J connectivity index is 1.25. The van der Waals surface area contributed by atoms with Crippen LogP contribution in [0.4, 0.5) is 17.1 Å². The first-order valence-electron chi connectivity index (χ1n) is 17.9. The van der Waals surface area contributed by atoms with Crippen LogP contribution in [0.1, 0.15) is 35.4 Å². The highest BCUT2D eigenvalue weighted by Crippen LogP contribution is 2.65. The molecule has 2 aliphatic carbocycles. The van der Waals surface area contributed by atoms with E-state index in [0.29, 0.717) is 27.8 Å². The van der Waals surface area contributed by atoms with Crippen LogP contribution >= 0.6 is 0 Å². The number of anilines is 2. The molecule has 9 rings (SSSR count). The van der Waals surface area contributed by atoms with Crippen LogP contribution in [0.2, 0.25) is 0 Å². The predicted octanol–water partition coefficient (Wildman–Crippen LogP) is 6.95. The maximum absolute atomic E-state index is 15.4. The van der Waals surface area contributed by atoms with Crippen LogP contribution in [0.15, 0.2) is 127 Å². The van der Waals surface area contributed by atoms with Gasteiger partial charge in [0, 0.05) is 29.0 Å². The summed E-state index contributed by atoms with van der Waals surface area (Å²) in [5, 5.41) is 26.2. The van der Waals surface area contributed by atoms with Gasteiger partial charge in [-0.1, -0.05) is 102 Å². The number of fused-ring (bicyclic) bond motifs is 5. The van der Waals surface area contributed by atoms with Gasteiger partial charge in [-0.05, 0) is 54.8 Å². The zero-order valence-corrected chi connectivity index (χ0v) is 29.1. The van der Waals surface area contributed by atoms with E-state index >= 15 is 4.79 Å². The third-order valence-electron chi connectivity index (χ3n) is 11.9. The Labute approximate surface area is 309 Å². The zero-order chi connectivity index (χ0) is 37.5. The predicted molar refractivity (Wildman–Crippen MR) is 200 cm³/mol. The summed E-state index contributed by atoms with van der Waals surface area (Å²) in [4.78, 5) is 71.1. The van der Waals surface area contributed by atoms with Crippen molar-refractivity contribution >= 4 is 51.5 Å². The largest absolute Gasteiger partial charge is 0.507 e. The van der Waals surface area contributed by atoms with E-state index in [1.54, 1.807) is 24.3 Å². The van der Waals surface area contributed by atoms with E-state index in [0.717, 1.165) is 20.9 Å². The second-order valence-corrected chi connectivity index (χ2v) is 14.6. The maximum Gasteiger partial charge on any atom is 0.271 e. The van der Waals surface area contributed by atoms with Gasteiger partial charge in [0.1, 0.15) is 5.75 Å². The van der Waals surface area contributed by atoms with Gasteiger partial charge in [0.05, 0.1) is 39.5 Å². The van der Waals surface area contributed by atoms with Crippen LogP contribution in [0.25, 0.3) is 10.8 Å². The van der Waals surface area contributed by atoms with Gasteiger partial charge in [-0.25, -0.2) is 4.90 Å². The van der Waals surface area contributed by atoms with Crippen LogP contribution in [0.5, 0.6) is 5.75 Å². The number of rotatable bonds is 6. The first-order chi connectivity index (χ1) is 26.1. The summed E-state index contributed by atoms with van der Waals surface area (Å²) in [5.41, 5.74) is 4.65. The molecule has 0 bridgehead atoms. The number of non-ortho nitro benzene ring substituents is 1. The van der Waals surface area contributed by atoms with Crippen molar-refractivity contribution in [1.82, 2.24) is 5.01 Å². The van der Waals surface area contributed by atoms with Gasteiger partial charge in [-0.3, -0.25) is 34.7 Å². The SMILES string of the molecule is Cc1ccc(NN2C(=O)C3CC4C(=CCC5C(=O)N(c6cccc([N+](=O)[O-])c6)C(=O)C54)C(c4ccc5ccccc5c4O)C3(c3ccccc3)C2=O)cc1. The van der Waals surface area contributed by atoms with E-state index in [-0.39, 0.29) is 30.0 Å². The number of hydrogen-bond acceptors (Lipinski definition) is 8. The number of nitrogens with zero attached hydrogens (tertiary/aromatic N) is 3. The lowest BCUT2D eigenvalue weighted by Gasteiger charge is -2.50. The minimum absolute atomic E-state index is 0.0342. The number of amides is 4. The molecule has 5 aromatic rings. The summed E-state index contributed by atoms with van der Waals surface area (Å²) in [6, 6.07) is 33.0. The number of aryl methyl sites for hydroxylation is 1. The minimum atomic E-state index is -1.55. The number of nitrogens with one attached hydrogen (secondary N) is 1. The second kappa shape index (κ2) is 12.2. The molecule has 0 radical (unpaired) electrons. The van der Waals surface area contributed by atoms with Crippen LogP contribution in [-0.4, -0.2) is 38.7 Å². The van der Waals surface area contributed by atoms with Crippen LogP contribution in [-0.2, 0) is 24.6 Å². The van der Waals surface area contributed by atoms with Gasteiger partial charge in [-0.2, -0.15) is 5.01 Å². The fourth-order valence-electron chi connectivity index (χ4n) is 9.60. The number of carbonyl (C=O) groups excluding carboxylic acids is 4. The number of aromatic hydroxyl groups is 1. The molecule has 2 heterocycles. The summed E-state index contributed by atoms with van der Waals surface area (Å²) in [6.07, 6.45) is 2.16. The monoisotopic (exact) mass is 718 g/mol. The van der Waals surface area contributed by atoms with Crippen molar-refractivity contribution in [3.63, 3.8) is 0 Å². The highest BCUT2D eigenvalue weighted by Gasteiger charge is 2.70. The Bertz CT molecular complexity index is 2460. The van der Waals surface area contributed by atoms with Crippen molar-refractivity contribution in [2.75, 3.05) is 10.3 Å². The smallest absolute Gasteiger partial charge is 0.271 e. The Morgan fingerprint density at radius 3 is 2.31 bits per heavy atom. The van der Waals surface area contributed by atoms with Crippen molar-refractivity contribution < 1.29 is 29.2 Å². The van der Waals surface area contributed by atoms with Gasteiger partial charge in [0.15, 0.2) is 0 Å². The van der Waals surface area contributed by atoms with Gasteiger partial charge in [-0.15, -0.1) is 0 Å². The third kappa shape index (κ3) is 4.67. The molecule has 2 saturated heterocycles. The molecule has 1 saturated carbocycles. The molecule has 4 aliphatic rings. The number of hydrazine groups is 1. The molecule has 54 heavy (non-hydrogen) atoms. The highest BCUT2D eigenvalue weighted by molar-refractivity contribution is 6.22. The molecule has 4 amide bonds. The van der Waals surface area contributed by atoms with Gasteiger partial charge in [0.25, 0.3) is 17.5 Å². The van der Waals surface area contributed by atoms with E-state index in [9.17, 15) is 29.6 Å². The summed E-state index contributed by atoms with van der Waals surface area (Å²) in [5.74, 6) is -6.26. The van der Waals surface area contributed by atoms with Crippen molar-refractivity contribution in [3.8, 4) is 5.75 Å². The van der Waals surface area contributed by atoms with E-state index in [2.05, 4.69) is 5.43 Å². The second-order valence-electron chi connectivity index (χ2n) is 14.6. The Hall–Kier alpha value is -6.62. The summed E-state index contributed by atoms with van der Waals surface area (Å²) in [6.45, 7) is 1.94. The number of nitro groups is 1. The first kappa shape index (κ1) is 33.2. The van der Waals surface area contributed by atoms with E-state index in [1.807, 2.05) is 79.7 Å². The van der Waals surface area contributed by atoms with Crippen LogP contribution in [0.3, 0.4) is 0 Å². The molecular formula is C43H34N4O7. The topological polar surface area (TPSA) is 150 Å². The standard InChI is InChI=1S/C43H34N4O7/c1-24-14-17-27(18-15-24)44-46-40(50)35-23-34-31(20-21-32-36(34)41(51)45(39(32)49)28-11-7-12-29(22-28)47(53)54)37(43(35,42(46)52)26-9-3-2-4-10-26)33-19-16-25-8-5-6-13-30(25)38(33)48/h2-20,22,32,34-37,44,48H,21,23H2,1H3. The lowest BCUT2D eigenvalue weighted by Crippen LogP contribution is -2.53. The van der Waals surface area contributed by atoms with Crippen molar-refractivity contribution in [3.05, 3.63) is 154 Å². The van der Waals surface area contributed by atoms with E-state index in [1.165, 1.54) is 24.3 Å². The van der Waals surface area contributed by atoms with Crippen molar-refractivity contribution in [1.29, 1.82) is 0 Å². The van der Waals surface area contributed by atoms with Crippen molar-refractivity contribution in [2.45, 2.75) is 31.1 Å². The minimum Gasteiger partial charge on any atom is -0.507 e. The highest BCUT2D eigenvalue weighted by atomic mass is 16.6. The normalized spacial score (nSPS) is 26.0. The molecule has 6 unspecified atom stereocenters. The Morgan fingerprint density at radius 2 is 1.56 bits per heavy atom. The molecule has 5 aromatic carbocycles. The summed E-state index contributed by atoms with van der Waals surface area (Å²) >= 11 is 0. The molecule has 3 fully saturated rings. The molecular weight excluding hydrogens is 684 g/mol. The van der Waals surface area contributed by atoms with E-state index < -0.39 is 63.6 Å². The zero-order valence-electron chi connectivity index (χ0n) is 29.1. The van der Waals surface area contributed by atoms with Gasteiger partial charge >= 0.3 is 0 Å². The quantitative estimate of drug-likeness (QED) is 0.0829. The number of nitro benzene ring substituents is 1. The summed E-state index contributed by atoms with van der Waals surface area (Å²) < 4.78 is 0. The van der Waals surface area contributed by atoms with Crippen LogP contribution < -0.4 is 10.3 Å². The average molecular weight is 719 g/mol. The fraction of sp³-hybridized carbons (Fsp3) is 0.209. The number of carbonyl (C=O) groups is 4. The molecule has 11 nitrogen and oxygen atoms in total. The number of imide groups is 2. The number of hydrogen-bond donors (Lipinski definition) is 2. The summed E-state index contributed by atoms with van der Waals surface area (Å²) in [7, 11) is 0. The molecule has 2 N–H and O–H groups in total. The number of phenols is 1. The Kier molecular flexibility index (Phi) is 7.53. The first-order valence-corrected chi connectivity index (χ1v) is 17.9. The van der Waals surface area contributed by atoms with Gasteiger partial charge < -0.3 is 5.11 Å². The molecule has 0 aromatic heterocycles. The molecule has 11 heteroatoms. The Morgan fingerprint density at radius 1 is 0.815 bits per heavy atom. The third-order valence-corrected chi connectivity index (χ3v) is 11.9. The molecule has 0 spiro atoms. The average Bonchev–Trinajstić information content (AvgIpc) is 3.57. The molecule has 268 valence electrons.